The monoisotopic (exact) mass is 415 g/mol. The van der Waals surface area contributed by atoms with Gasteiger partial charge in [0.05, 0.1) is 5.75 Å². The number of carbonyl (C=O) groups is 1. The average molecular weight is 415 g/mol. The van der Waals surface area contributed by atoms with Crippen molar-refractivity contribution < 1.29 is 14.3 Å². The Hall–Kier alpha value is -3.58. The number of benzene rings is 3. The summed E-state index contributed by atoms with van der Waals surface area (Å²) in [6, 6.07) is 23.3. The third-order valence-electron chi connectivity index (χ3n) is 4.76. The minimum absolute atomic E-state index is 0.0361. The van der Waals surface area contributed by atoms with Gasteiger partial charge < -0.3 is 9.47 Å². The number of Topliss-reactive ketones (excluding diaryl/α,β-unsaturated/α-hetero) is 1. The van der Waals surface area contributed by atoms with E-state index in [0.717, 1.165) is 22.4 Å². The van der Waals surface area contributed by atoms with E-state index >= 15 is 0 Å². The van der Waals surface area contributed by atoms with Gasteiger partial charge in [-0.3, -0.25) is 9.89 Å². The second kappa shape index (κ2) is 8.04. The van der Waals surface area contributed by atoms with E-state index in [1.807, 2.05) is 72.8 Å². The first-order valence-electron chi connectivity index (χ1n) is 9.40. The Labute approximate surface area is 177 Å². The number of nitrogens with one attached hydrogen (secondary N) is 1. The van der Waals surface area contributed by atoms with Gasteiger partial charge in [-0.2, -0.15) is 0 Å². The predicted molar refractivity (Wildman–Crippen MR) is 115 cm³/mol. The number of nitrogens with zero attached hydrogens (tertiary/aromatic N) is 2. The number of aromatic amines is 1. The van der Waals surface area contributed by atoms with Crippen LogP contribution in [-0.2, 0) is 0 Å². The highest BCUT2D eigenvalue weighted by atomic mass is 32.2. The molecule has 1 N–H and O–H groups in total. The Balaban J connectivity index is 1.23. The predicted octanol–water partition coefficient (Wildman–Crippen LogP) is 4.84. The van der Waals surface area contributed by atoms with Crippen LogP contribution in [0.2, 0.25) is 0 Å². The van der Waals surface area contributed by atoms with E-state index in [2.05, 4.69) is 15.2 Å². The Bertz CT molecular complexity index is 1190. The molecule has 0 fully saturated rings. The van der Waals surface area contributed by atoms with Crippen molar-refractivity contribution >= 4 is 17.5 Å². The molecule has 1 aliphatic heterocycles. The van der Waals surface area contributed by atoms with Gasteiger partial charge in [0.15, 0.2) is 23.1 Å². The van der Waals surface area contributed by atoms with Gasteiger partial charge >= 0.3 is 0 Å². The SMILES string of the molecule is O=C(CSc1n[nH]c(-c2ccc3c(c2)OCO3)n1)c1ccc(-c2ccccc2)cc1. The van der Waals surface area contributed by atoms with Crippen LogP contribution in [0.1, 0.15) is 10.4 Å². The lowest BCUT2D eigenvalue weighted by Gasteiger charge is -2.03. The highest BCUT2D eigenvalue weighted by molar-refractivity contribution is 7.99. The molecule has 0 saturated carbocycles. The van der Waals surface area contributed by atoms with Gasteiger partial charge in [0.2, 0.25) is 11.9 Å². The summed E-state index contributed by atoms with van der Waals surface area (Å²) in [5.74, 6) is 2.33. The molecule has 4 aromatic rings. The summed E-state index contributed by atoms with van der Waals surface area (Å²) in [6.07, 6.45) is 0. The number of hydrogen-bond acceptors (Lipinski definition) is 6. The van der Waals surface area contributed by atoms with E-state index in [4.69, 9.17) is 9.47 Å². The summed E-state index contributed by atoms with van der Waals surface area (Å²) >= 11 is 1.31. The molecule has 0 bridgehead atoms. The van der Waals surface area contributed by atoms with Crippen molar-refractivity contribution in [3.8, 4) is 34.0 Å². The summed E-state index contributed by atoms with van der Waals surface area (Å²) < 4.78 is 10.7. The zero-order valence-electron chi connectivity index (χ0n) is 15.9. The maximum atomic E-state index is 12.6. The Morgan fingerprint density at radius 1 is 0.900 bits per heavy atom. The van der Waals surface area contributed by atoms with Gasteiger partial charge in [0.25, 0.3) is 0 Å². The maximum absolute atomic E-state index is 12.6. The van der Waals surface area contributed by atoms with Crippen molar-refractivity contribution in [1.82, 2.24) is 15.2 Å². The number of thioether (sulfide) groups is 1. The number of ketones is 1. The van der Waals surface area contributed by atoms with Crippen molar-refractivity contribution in [3.63, 3.8) is 0 Å². The van der Waals surface area contributed by atoms with Crippen molar-refractivity contribution in [2.75, 3.05) is 12.5 Å². The molecule has 6 nitrogen and oxygen atoms in total. The van der Waals surface area contributed by atoms with E-state index in [1.165, 1.54) is 11.8 Å². The molecule has 0 atom stereocenters. The summed E-state index contributed by atoms with van der Waals surface area (Å²) in [4.78, 5) is 17.0. The number of H-pyrrole nitrogens is 1. The zero-order chi connectivity index (χ0) is 20.3. The number of fused-ring (bicyclic) bond motifs is 1. The highest BCUT2D eigenvalue weighted by Crippen LogP contribution is 2.35. The summed E-state index contributed by atoms with van der Waals surface area (Å²) in [5.41, 5.74) is 3.74. The molecular weight excluding hydrogens is 398 g/mol. The van der Waals surface area contributed by atoms with Crippen molar-refractivity contribution in [3.05, 3.63) is 78.4 Å². The number of carbonyl (C=O) groups excluding carboxylic acids is 1. The van der Waals surface area contributed by atoms with Crippen LogP contribution < -0.4 is 9.47 Å². The molecule has 0 saturated heterocycles. The number of rotatable bonds is 6. The molecule has 7 heteroatoms. The van der Waals surface area contributed by atoms with Crippen LogP contribution >= 0.6 is 11.8 Å². The van der Waals surface area contributed by atoms with E-state index in [0.29, 0.717) is 22.3 Å². The van der Waals surface area contributed by atoms with E-state index in [1.54, 1.807) is 0 Å². The maximum Gasteiger partial charge on any atom is 0.231 e. The molecule has 0 spiro atoms. The molecule has 1 aromatic heterocycles. The van der Waals surface area contributed by atoms with Crippen molar-refractivity contribution in [2.45, 2.75) is 5.16 Å². The van der Waals surface area contributed by atoms with Gasteiger partial charge in [-0.15, -0.1) is 5.10 Å². The Morgan fingerprint density at radius 2 is 1.63 bits per heavy atom. The fraction of sp³-hybridized carbons (Fsp3) is 0.0870. The molecule has 2 heterocycles. The van der Waals surface area contributed by atoms with Crippen LogP contribution in [-0.4, -0.2) is 33.5 Å². The Morgan fingerprint density at radius 3 is 2.47 bits per heavy atom. The number of aromatic nitrogens is 3. The first-order valence-corrected chi connectivity index (χ1v) is 10.4. The molecular formula is C23H17N3O3S. The van der Waals surface area contributed by atoms with Crippen LogP contribution in [0, 0.1) is 0 Å². The lowest BCUT2D eigenvalue weighted by molar-refractivity contribution is 0.102. The largest absolute Gasteiger partial charge is 0.454 e. The lowest BCUT2D eigenvalue weighted by atomic mass is 10.0. The lowest BCUT2D eigenvalue weighted by Crippen LogP contribution is -2.02. The molecule has 30 heavy (non-hydrogen) atoms. The number of hydrogen-bond donors (Lipinski definition) is 1. The standard InChI is InChI=1S/C23H17N3O3S/c27-19(17-8-6-16(7-9-17)15-4-2-1-3-5-15)13-30-23-24-22(25-26-23)18-10-11-20-21(12-18)29-14-28-20/h1-12H,13-14H2,(H,24,25,26). The first-order chi connectivity index (χ1) is 14.8. The van der Waals surface area contributed by atoms with Gasteiger partial charge in [0, 0.05) is 11.1 Å². The smallest absolute Gasteiger partial charge is 0.231 e. The fourth-order valence-corrected chi connectivity index (χ4v) is 3.87. The molecule has 3 aromatic carbocycles. The summed E-state index contributed by atoms with van der Waals surface area (Å²) in [7, 11) is 0. The van der Waals surface area contributed by atoms with Gasteiger partial charge in [-0.05, 0) is 29.3 Å². The summed E-state index contributed by atoms with van der Waals surface area (Å²) in [6.45, 7) is 0.227. The topological polar surface area (TPSA) is 77.1 Å². The fourth-order valence-electron chi connectivity index (χ4n) is 3.18. The van der Waals surface area contributed by atoms with E-state index in [-0.39, 0.29) is 18.3 Å². The Kier molecular flexibility index (Phi) is 4.94. The normalized spacial score (nSPS) is 12.1. The molecule has 1 aliphatic rings. The quantitative estimate of drug-likeness (QED) is 0.359. The van der Waals surface area contributed by atoms with Gasteiger partial charge in [-0.1, -0.05) is 66.4 Å². The third-order valence-corrected chi connectivity index (χ3v) is 5.60. The number of ether oxygens (including phenoxy) is 2. The van der Waals surface area contributed by atoms with Crippen LogP contribution in [0.5, 0.6) is 11.5 Å². The van der Waals surface area contributed by atoms with Crippen LogP contribution in [0.4, 0.5) is 0 Å². The van der Waals surface area contributed by atoms with Gasteiger partial charge in [0.1, 0.15) is 0 Å². The van der Waals surface area contributed by atoms with E-state index < -0.39 is 0 Å². The third kappa shape index (κ3) is 3.79. The second-order valence-corrected chi connectivity index (χ2v) is 7.63. The van der Waals surface area contributed by atoms with Crippen molar-refractivity contribution in [1.29, 1.82) is 0 Å². The molecule has 0 radical (unpaired) electrons. The highest BCUT2D eigenvalue weighted by Gasteiger charge is 2.16. The molecule has 148 valence electrons. The molecule has 0 amide bonds. The minimum atomic E-state index is 0.0361. The molecule has 0 unspecified atom stereocenters. The van der Waals surface area contributed by atoms with Crippen LogP contribution in [0.25, 0.3) is 22.5 Å². The summed E-state index contributed by atoms with van der Waals surface area (Å²) in [5, 5.41) is 7.65. The second-order valence-electron chi connectivity index (χ2n) is 6.69. The average Bonchev–Trinajstić information content (AvgIpc) is 3.47. The zero-order valence-corrected chi connectivity index (χ0v) is 16.7. The molecule has 5 rings (SSSR count). The van der Waals surface area contributed by atoms with E-state index in [9.17, 15) is 4.79 Å². The molecule has 0 aliphatic carbocycles. The van der Waals surface area contributed by atoms with Crippen LogP contribution in [0.15, 0.2) is 78.0 Å². The van der Waals surface area contributed by atoms with Crippen LogP contribution in [0.3, 0.4) is 0 Å². The van der Waals surface area contributed by atoms with Crippen molar-refractivity contribution in [2.24, 2.45) is 0 Å². The first kappa shape index (κ1) is 18.4. The van der Waals surface area contributed by atoms with Gasteiger partial charge in [-0.25, -0.2) is 4.98 Å². The minimum Gasteiger partial charge on any atom is -0.454 e.